The van der Waals surface area contributed by atoms with E-state index in [9.17, 15) is 22.8 Å². The van der Waals surface area contributed by atoms with Gasteiger partial charge in [0.1, 0.15) is 11.6 Å². The number of hydrogen-bond donors (Lipinski definition) is 1. The van der Waals surface area contributed by atoms with E-state index in [2.05, 4.69) is 11.6 Å². The van der Waals surface area contributed by atoms with Crippen molar-refractivity contribution >= 4 is 17.5 Å². The van der Waals surface area contributed by atoms with Crippen LogP contribution in [0.5, 0.6) is 0 Å². The van der Waals surface area contributed by atoms with Crippen molar-refractivity contribution in [3.8, 4) is 0 Å². The summed E-state index contributed by atoms with van der Waals surface area (Å²) in [6, 6.07) is 1.02. The summed E-state index contributed by atoms with van der Waals surface area (Å²) in [5.74, 6) is -0.893. The smallest absolute Gasteiger partial charge is 0.327 e. The van der Waals surface area contributed by atoms with Gasteiger partial charge in [0.2, 0.25) is 0 Å². The molecule has 8 heteroatoms. The molecule has 0 spiro atoms. The number of carbonyl (C=O) groups excluding carboxylic acids is 1. The van der Waals surface area contributed by atoms with Crippen LogP contribution in [-0.4, -0.2) is 35.1 Å². The highest BCUT2D eigenvalue weighted by Gasteiger charge is 2.33. The maximum atomic E-state index is 12.3. The summed E-state index contributed by atoms with van der Waals surface area (Å²) in [4.78, 5) is 25.6. The first-order valence-corrected chi connectivity index (χ1v) is 5.47. The number of alkyl halides is 3. The first-order chi connectivity index (χ1) is 8.74. The minimum absolute atomic E-state index is 0.129. The number of carbonyl (C=O) groups is 1. The molecule has 0 saturated carbocycles. The van der Waals surface area contributed by atoms with Gasteiger partial charge in [-0.3, -0.25) is 9.59 Å². The van der Waals surface area contributed by atoms with Crippen LogP contribution in [-0.2, 0) is 0 Å². The highest BCUT2D eigenvalue weighted by molar-refractivity contribution is 6.30. The number of amides is 1. The number of aromatic amines is 1. The standard InChI is InChI=1S/C11H10ClF3N2O2/c1-2-3-17(6-11(13,14)15)10(19)7-4-8(12)9(18)16-5-7/h2,4-5H,1,3,6H2,(H,16,18). The number of pyridine rings is 1. The van der Waals surface area contributed by atoms with E-state index in [0.717, 1.165) is 12.3 Å². The molecule has 0 aliphatic rings. The van der Waals surface area contributed by atoms with E-state index in [1.807, 2.05) is 0 Å². The summed E-state index contributed by atoms with van der Waals surface area (Å²) in [5, 5.41) is -0.267. The van der Waals surface area contributed by atoms with Crippen LogP contribution in [0.15, 0.2) is 29.7 Å². The fraction of sp³-hybridized carbons (Fsp3) is 0.273. The maximum absolute atomic E-state index is 12.3. The molecule has 4 nitrogen and oxygen atoms in total. The zero-order valence-corrected chi connectivity index (χ0v) is 10.4. The first-order valence-electron chi connectivity index (χ1n) is 5.09. The fourth-order valence-electron chi connectivity index (χ4n) is 1.35. The Balaban J connectivity index is 3.01. The predicted octanol–water partition coefficient (Wildman–Crippen LogP) is 2.22. The molecule has 0 aliphatic carbocycles. The minimum atomic E-state index is -4.52. The zero-order chi connectivity index (χ0) is 14.6. The van der Waals surface area contributed by atoms with Gasteiger partial charge in [0.05, 0.1) is 5.56 Å². The number of H-pyrrole nitrogens is 1. The Labute approximate surface area is 111 Å². The predicted molar refractivity (Wildman–Crippen MR) is 64.2 cm³/mol. The number of aromatic nitrogens is 1. The van der Waals surface area contributed by atoms with Gasteiger partial charge in [-0.1, -0.05) is 17.7 Å². The zero-order valence-electron chi connectivity index (χ0n) is 9.63. The van der Waals surface area contributed by atoms with Gasteiger partial charge in [-0.05, 0) is 6.07 Å². The Morgan fingerprint density at radius 3 is 2.63 bits per heavy atom. The SMILES string of the molecule is C=CCN(CC(F)(F)F)C(=O)c1c[nH]c(=O)c(Cl)c1. The summed E-state index contributed by atoms with van der Waals surface area (Å²) in [5.41, 5.74) is -0.750. The quantitative estimate of drug-likeness (QED) is 0.866. The Morgan fingerprint density at radius 2 is 2.16 bits per heavy atom. The van der Waals surface area contributed by atoms with E-state index in [-0.39, 0.29) is 17.1 Å². The molecular formula is C11H10ClF3N2O2. The summed E-state index contributed by atoms with van der Waals surface area (Å²) in [7, 11) is 0. The topological polar surface area (TPSA) is 53.2 Å². The lowest BCUT2D eigenvalue weighted by atomic mass is 10.2. The second-order valence-electron chi connectivity index (χ2n) is 3.65. The van der Waals surface area contributed by atoms with Gasteiger partial charge in [0.25, 0.3) is 11.5 Å². The summed E-state index contributed by atoms with van der Waals surface area (Å²) < 4.78 is 37.0. The lowest BCUT2D eigenvalue weighted by molar-refractivity contribution is -0.139. The largest absolute Gasteiger partial charge is 0.406 e. The molecule has 0 unspecified atom stereocenters. The number of halogens is 4. The number of nitrogens with zero attached hydrogens (tertiary/aromatic N) is 1. The van der Waals surface area contributed by atoms with Crippen molar-refractivity contribution in [3.05, 3.63) is 45.9 Å². The average Bonchev–Trinajstić information content (AvgIpc) is 2.29. The van der Waals surface area contributed by atoms with Crippen LogP contribution in [0.1, 0.15) is 10.4 Å². The summed E-state index contributed by atoms with van der Waals surface area (Å²) in [6.45, 7) is 1.62. The molecule has 0 bridgehead atoms. The highest BCUT2D eigenvalue weighted by Crippen LogP contribution is 2.18. The molecule has 0 saturated heterocycles. The Bertz CT molecular complexity index is 539. The van der Waals surface area contributed by atoms with Crippen molar-refractivity contribution in [3.63, 3.8) is 0 Å². The molecular weight excluding hydrogens is 285 g/mol. The lowest BCUT2D eigenvalue weighted by Gasteiger charge is -2.22. The van der Waals surface area contributed by atoms with Crippen molar-refractivity contribution in [1.29, 1.82) is 0 Å². The fourth-order valence-corrected chi connectivity index (χ4v) is 1.53. The van der Waals surface area contributed by atoms with E-state index in [1.54, 1.807) is 0 Å². The second kappa shape index (κ2) is 5.92. The maximum Gasteiger partial charge on any atom is 0.406 e. The van der Waals surface area contributed by atoms with Gasteiger partial charge >= 0.3 is 6.18 Å². The van der Waals surface area contributed by atoms with Crippen LogP contribution in [0.3, 0.4) is 0 Å². The van der Waals surface area contributed by atoms with Gasteiger partial charge in [0.15, 0.2) is 0 Å². The van der Waals surface area contributed by atoms with Crippen molar-refractivity contribution in [2.45, 2.75) is 6.18 Å². The van der Waals surface area contributed by atoms with Gasteiger partial charge in [-0.2, -0.15) is 13.2 Å². The van der Waals surface area contributed by atoms with Gasteiger partial charge in [-0.25, -0.2) is 0 Å². The van der Waals surface area contributed by atoms with Crippen molar-refractivity contribution in [2.75, 3.05) is 13.1 Å². The van der Waals surface area contributed by atoms with Gasteiger partial charge in [0, 0.05) is 12.7 Å². The highest BCUT2D eigenvalue weighted by atomic mass is 35.5. The monoisotopic (exact) mass is 294 g/mol. The van der Waals surface area contributed by atoms with E-state index in [1.165, 1.54) is 6.08 Å². The van der Waals surface area contributed by atoms with Gasteiger partial charge in [-0.15, -0.1) is 6.58 Å². The lowest BCUT2D eigenvalue weighted by Crippen LogP contribution is -2.39. The second-order valence-corrected chi connectivity index (χ2v) is 4.06. The third kappa shape index (κ3) is 4.44. The summed E-state index contributed by atoms with van der Waals surface area (Å²) >= 11 is 5.52. The van der Waals surface area contributed by atoms with Gasteiger partial charge < -0.3 is 9.88 Å². The molecule has 19 heavy (non-hydrogen) atoms. The van der Waals surface area contributed by atoms with E-state index in [4.69, 9.17) is 11.6 Å². The van der Waals surface area contributed by atoms with Crippen molar-refractivity contribution in [1.82, 2.24) is 9.88 Å². The van der Waals surface area contributed by atoms with Crippen LogP contribution >= 0.6 is 11.6 Å². The Hall–Kier alpha value is -1.76. The summed E-state index contributed by atoms with van der Waals surface area (Å²) in [6.07, 6.45) is -2.33. The molecule has 0 aromatic carbocycles. The Kier molecular flexibility index (Phi) is 4.77. The molecule has 0 atom stereocenters. The van der Waals surface area contributed by atoms with Crippen molar-refractivity contribution in [2.24, 2.45) is 0 Å². The van der Waals surface area contributed by atoms with Crippen LogP contribution in [0.2, 0.25) is 5.02 Å². The van der Waals surface area contributed by atoms with Crippen molar-refractivity contribution < 1.29 is 18.0 Å². The van der Waals surface area contributed by atoms with Crippen LogP contribution in [0.4, 0.5) is 13.2 Å². The number of hydrogen-bond acceptors (Lipinski definition) is 2. The first kappa shape index (κ1) is 15.3. The molecule has 1 N–H and O–H groups in total. The normalized spacial score (nSPS) is 11.2. The molecule has 0 fully saturated rings. The molecule has 1 aromatic heterocycles. The molecule has 0 radical (unpaired) electrons. The number of rotatable bonds is 4. The molecule has 1 heterocycles. The van der Waals surface area contributed by atoms with E-state index >= 15 is 0 Å². The van der Waals surface area contributed by atoms with Crippen LogP contribution < -0.4 is 5.56 Å². The van der Waals surface area contributed by atoms with Crippen LogP contribution in [0.25, 0.3) is 0 Å². The molecule has 0 aliphatic heterocycles. The molecule has 104 valence electrons. The third-order valence-electron chi connectivity index (χ3n) is 2.11. The molecule has 1 rings (SSSR count). The minimum Gasteiger partial charge on any atom is -0.327 e. The van der Waals surface area contributed by atoms with Crippen LogP contribution in [0, 0.1) is 0 Å². The molecule has 1 amide bonds. The van der Waals surface area contributed by atoms with E-state index < -0.39 is 24.2 Å². The van der Waals surface area contributed by atoms with E-state index in [0.29, 0.717) is 4.90 Å². The number of nitrogens with one attached hydrogen (secondary N) is 1. The molecule has 1 aromatic rings. The Morgan fingerprint density at radius 1 is 1.53 bits per heavy atom. The average molecular weight is 295 g/mol. The third-order valence-corrected chi connectivity index (χ3v) is 2.39.